The zero-order chi connectivity index (χ0) is 19.2. The Morgan fingerprint density at radius 2 is 1.72 bits per heavy atom. The van der Waals surface area contributed by atoms with Gasteiger partial charge >= 0.3 is 0 Å². The van der Waals surface area contributed by atoms with Gasteiger partial charge in [0.2, 0.25) is 0 Å². The second-order valence-corrected chi connectivity index (χ2v) is 8.46. The fourth-order valence-corrected chi connectivity index (χ4v) is 4.75. The number of rotatable bonds is 6. The minimum atomic E-state index is 0. The minimum Gasteiger partial charge on any atom is -0.378 e. The van der Waals surface area contributed by atoms with Crippen molar-refractivity contribution >= 4 is 29.4 Å². The molecule has 0 N–H and O–H groups in total. The van der Waals surface area contributed by atoms with Crippen molar-refractivity contribution in [3.8, 4) is 0 Å². The molecule has 2 heterocycles. The monoisotopic (exact) mass is 419 g/mol. The number of hydrogen-bond donors (Lipinski definition) is 0. The van der Waals surface area contributed by atoms with E-state index in [-0.39, 0.29) is 12.4 Å². The molecule has 0 atom stereocenters. The van der Waals surface area contributed by atoms with E-state index in [9.17, 15) is 0 Å². The van der Waals surface area contributed by atoms with E-state index in [1.54, 1.807) is 5.57 Å². The van der Waals surface area contributed by atoms with E-state index in [1.165, 1.54) is 75.1 Å². The summed E-state index contributed by atoms with van der Waals surface area (Å²) in [7, 11) is 0. The highest BCUT2D eigenvalue weighted by Crippen LogP contribution is 2.36. The SMILES string of the molecule is CCCCN1CCN(c2ccc(N3CCOCC3)cc2C2=CCCCC2)CC1.Cl. The summed E-state index contributed by atoms with van der Waals surface area (Å²) in [4.78, 5) is 7.76. The van der Waals surface area contributed by atoms with Crippen LogP contribution >= 0.6 is 12.4 Å². The molecule has 0 radical (unpaired) electrons. The van der Waals surface area contributed by atoms with Gasteiger partial charge in [-0.05, 0) is 62.4 Å². The highest BCUT2D eigenvalue weighted by Gasteiger charge is 2.22. The van der Waals surface area contributed by atoms with E-state index in [0.29, 0.717) is 0 Å². The molecule has 4 rings (SSSR count). The van der Waals surface area contributed by atoms with Crippen molar-refractivity contribution in [2.45, 2.75) is 45.4 Å². The third-order valence-corrected chi connectivity index (χ3v) is 6.53. The second kappa shape index (κ2) is 11.2. The maximum Gasteiger partial charge on any atom is 0.0642 e. The van der Waals surface area contributed by atoms with Crippen molar-refractivity contribution in [3.63, 3.8) is 0 Å². The molecule has 1 aromatic carbocycles. The van der Waals surface area contributed by atoms with Gasteiger partial charge < -0.3 is 14.5 Å². The molecule has 0 saturated carbocycles. The number of ether oxygens (including phenoxy) is 1. The standard InChI is InChI=1S/C24H37N3O.ClH/c1-2-3-11-25-12-14-27(15-13-25)24-10-9-22(26-16-18-28-19-17-26)20-23(24)21-7-5-4-6-8-21;/h7,9-10,20H,2-6,8,11-19H2,1H3;1H. The molecule has 2 fully saturated rings. The smallest absolute Gasteiger partial charge is 0.0642 e. The number of hydrogen-bond acceptors (Lipinski definition) is 4. The Labute approximate surface area is 183 Å². The summed E-state index contributed by atoms with van der Waals surface area (Å²) in [6.45, 7) is 12.0. The van der Waals surface area contributed by atoms with Crippen LogP contribution in [-0.2, 0) is 4.74 Å². The Morgan fingerprint density at radius 1 is 0.931 bits per heavy atom. The molecule has 0 bridgehead atoms. The van der Waals surface area contributed by atoms with Gasteiger partial charge in [0, 0.05) is 56.2 Å². The quantitative estimate of drug-likeness (QED) is 0.657. The van der Waals surface area contributed by atoms with E-state index >= 15 is 0 Å². The molecular formula is C24H38ClN3O. The van der Waals surface area contributed by atoms with Gasteiger partial charge in [-0.25, -0.2) is 0 Å². The number of anilines is 2. The molecule has 2 saturated heterocycles. The van der Waals surface area contributed by atoms with Crippen LogP contribution in [0, 0.1) is 0 Å². The van der Waals surface area contributed by atoms with Crippen molar-refractivity contribution in [1.82, 2.24) is 4.90 Å². The van der Waals surface area contributed by atoms with Crippen LogP contribution in [0.4, 0.5) is 11.4 Å². The average Bonchev–Trinajstić information content (AvgIpc) is 2.79. The first-order chi connectivity index (χ1) is 13.8. The van der Waals surface area contributed by atoms with E-state index < -0.39 is 0 Å². The van der Waals surface area contributed by atoms with Crippen LogP contribution in [0.2, 0.25) is 0 Å². The maximum absolute atomic E-state index is 5.56. The highest BCUT2D eigenvalue weighted by molar-refractivity contribution is 5.85. The lowest BCUT2D eigenvalue weighted by molar-refractivity contribution is 0.122. The first-order valence-corrected chi connectivity index (χ1v) is 11.5. The maximum atomic E-state index is 5.56. The molecule has 162 valence electrons. The molecule has 1 aliphatic carbocycles. The fourth-order valence-electron chi connectivity index (χ4n) is 4.75. The zero-order valence-electron chi connectivity index (χ0n) is 18.1. The van der Waals surface area contributed by atoms with Gasteiger partial charge in [0.1, 0.15) is 0 Å². The number of piperazine rings is 1. The predicted molar refractivity (Wildman–Crippen MR) is 127 cm³/mol. The zero-order valence-corrected chi connectivity index (χ0v) is 18.9. The summed E-state index contributed by atoms with van der Waals surface area (Å²) in [5.41, 5.74) is 5.89. The Bertz CT molecular complexity index is 664. The second-order valence-electron chi connectivity index (χ2n) is 8.46. The number of nitrogens with zero attached hydrogens (tertiary/aromatic N) is 3. The van der Waals surface area contributed by atoms with Crippen LogP contribution in [0.25, 0.3) is 5.57 Å². The average molecular weight is 420 g/mol. The number of unbranched alkanes of at least 4 members (excludes halogenated alkanes) is 1. The van der Waals surface area contributed by atoms with Crippen LogP contribution in [0.1, 0.15) is 51.0 Å². The largest absolute Gasteiger partial charge is 0.378 e. The molecule has 29 heavy (non-hydrogen) atoms. The summed E-state index contributed by atoms with van der Waals surface area (Å²) in [6, 6.07) is 7.22. The lowest BCUT2D eigenvalue weighted by atomic mass is 9.91. The normalized spacial score (nSPS) is 20.9. The van der Waals surface area contributed by atoms with Gasteiger partial charge in [0.25, 0.3) is 0 Å². The van der Waals surface area contributed by atoms with Gasteiger partial charge in [-0.3, -0.25) is 4.90 Å². The summed E-state index contributed by atoms with van der Waals surface area (Å²) >= 11 is 0. The Morgan fingerprint density at radius 3 is 2.41 bits per heavy atom. The summed E-state index contributed by atoms with van der Waals surface area (Å²) in [5.74, 6) is 0. The molecular weight excluding hydrogens is 382 g/mol. The Kier molecular flexibility index (Phi) is 8.70. The van der Waals surface area contributed by atoms with Gasteiger partial charge in [0.15, 0.2) is 0 Å². The van der Waals surface area contributed by atoms with Gasteiger partial charge in [-0.15, -0.1) is 12.4 Å². The first kappa shape index (κ1) is 22.5. The number of halogens is 1. The fraction of sp³-hybridized carbons (Fsp3) is 0.667. The lowest BCUT2D eigenvalue weighted by Crippen LogP contribution is -2.47. The van der Waals surface area contributed by atoms with Crippen molar-refractivity contribution in [1.29, 1.82) is 0 Å². The molecule has 1 aromatic rings. The van der Waals surface area contributed by atoms with Crippen LogP contribution in [0.5, 0.6) is 0 Å². The number of allylic oxidation sites excluding steroid dienone is 2. The lowest BCUT2D eigenvalue weighted by Gasteiger charge is -2.38. The molecule has 0 amide bonds. The first-order valence-electron chi connectivity index (χ1n) is 11.5. The number of benzene rings is 1. The van der Waals surface area contributed by atoms with Crippen LogP contribution in [0.15, 0.2) is 24.3 Å². The van der Waals surface area contributed by atoms with Crippen molar-refractivity contribution in [3.05, 3.63) is 29.8 Å². The van der Waals surface area contributed by atoms with Crippen molar-refractivity contribution < 1.29 is 4.74 Å². The summed E-state index contributed by atoms with van der Waals surface area (Å²) < 4.78 is 5.56. The minimum absolute atomic E-state index is 0. The topological polar surface area (TPSA) is 19.0 Å². The highest BCUT2D eigenvalue weighted by atomic mass is 35.5. The third kappa shape index (κ3) is 5.68. The Balaban J connectivity index is 0.00000240. The van der Waals surface area contributed by atoms with E-state index in [0.717, 1.165) is 39.4 Å². The van der Waals surface area contributed by atoms with Gasteiger partial charge in [0.05, 0.1) is 13.2 Å². The molecule has 0 unspecified atom stereocenters. The van der Waals surface area contributed by atoms with Gasteiger partial charge in [-0.2, -0.15) is 0 Å². The molecule has 5 heteroatoms. The molecule has 3 aliphatic rings. The van der Waals surface area contributed by atoms with Crippen LogP contribution in [-0.4, -0.2) is 63.9 Å². The molecule has 2 aliphatic heterocycles. The predicted octanol–water partition coefficient (Wildman–Crippen LogP) is 4.82. The molecule has 0 spiro atoms. The molecule has 4 nitrogen and oxygen atoms in total. The summed E-state index contributed by atoms with van der Waals surface area (Å²) in [6.07, 6.45) is 10.3. The van der Waals surface area contributed by atoms with E-state index in [1.807, 2.05) is 0 Å². The van der Waals surface area contributed by atoms with Crippen molar-refractivity contribution in [2.75, 3.05) is 68.8 Å². The summed E-state index contributed by atoms with van der Waals surface area (Å²) in [5, 5.41) is 0. The van der Waals surface area contributed by atoms with Crippen LogP contribution < -0.4 is 9.80 Å². The van der Waals surface area contributed by atoms with E-state index in [2.05, 4.69) is 45.9 Å². The third-order valence-electron chi connectivity index (χ3n) is 6.53. The van der Waals surface area contributed by atoms with Crippen molar-refractivity contribution in [2.24, 2.45) is 0 Å². The van der Waals surface area contributed by atoms with Gasteiger partial charge in [-0.1, -0.05) is 19.4 Å². The Hall–Kier alpha value is -1.23. The number of morpholine rings is 1. The van der Waals surface area contributed by atoms with Crippen LogP contribution in [0.3, 0.4) is 0 Å². The van der Waals surface area contributed by atoms with E-state index in [4.69, 9.17) is 4.74 Å². The molecule has 0 aromatic heterocycles.